The molecule has 108 valence electrons. The van der Waals surface area contributed by atoms with Crippen LogP contribution in [-0.4, -0.2) is 44.3 Å². The first-order chi connectivity index (χ1) is 8.61. The Hall–Kier alpha value is -0.120. The summed E-state index contributed by atoms with van der Waals surface area (Å²) in [6.07, 6.45) is 6.42. The lowest BCUT2D eigenvalue weighted by Gasteiger charge is -2.34. The lowest BCUT2D eigenvalue weighted by atomic mass is 9.96. The molecule has 0 amide bonds. The highest BCUT2D eigenvalue weighted by molar-refractivity contribution is 4.74. The zero-order valence-electron chi connectivity index (χ0n) is 12.5. The third-order valence-electron chi connectivity index (χ3n) is 3.93. The Morgan fingerprint density at radius 2 is 2.11 bits per heavy atom. The number of piperidine rings is 1. The summed E-state index contributed by atoms with van der Waals surface area (Å²) in [4.78, 5) is 2.63. The molecule has 1 aliphatic rings. The number of hydrogen-bond donors (Lipinski definition) is 1. The Morgan fingerprint density at radius 1 is 1.33 bits per heavy atom. The summed E-state index contributed by atoms with van der Waals surface area (Å²) in [6.45, 7) is 9.16. The van der Waals surface area contributed by atoms with Gasteiger partial charge >= 0.3 is 0 Å². The Bertz CT molecular complexity index is 207. The van der Waals surface area contributed by atoms with Gasteiger partial charge in [-0.1, -0.05) is 13.3 Å². The van der Waals surface area contributed by atoms with Crippen molar-refractivity contribution in [1.29, 1.82) is 0 Å². The van der Waals surface area contributed by atoms with Crippen molar-refractivity contribution in [3.63, 3.8) is 0 Å². The van der Waals surface area contributed by atoms with Crippen LogP contribution < -0.4 is 5.73 Å². The molecule has 0 aromatic rings. The molecule has 1 heterocycles. The SMILES string of the molecule is COCC1CCCN(CC(C)CCCC(C)N)C1. The molecule has 1 fully saturated rings. The minimum atomic E-state index is 0.360. The van der Waals surface area contributed by atoms with Crippen molar-refractivity contribution in [2.45, 2.75) is 52.0 Å². The van der Waals surface area contributed by atoms with Crippen molar-refractivity contribution in [1.82, 2.24) is 4.90 Å². The number of nitrogens with two attached hydrogens (primary N) is 1. The molecule has 0 aromatic heterocycles. The van der Waals surface area contributed by atoms with Crippen LogP contribution in [0.15, 0.2) is 0 Å². The van der Waals surface area contributed by atoms with Crippen molar-refractivity contribution >= 4 is 0 Å². The van der Waals surface area contributed by atoms with Crippen LogP contribution in [0.4, 0.5) is 0 Å². The molecule has 18 heavy (non-hydrogen) atoms. The maximum atomic E-state index is 5.79. The van der Waals surface area contributed by atoms with E-state index < -0.39 is 0 Å². The molecule has 3 heteroatoms. The van der Waals surface area contributed by atoms with E-state index in [1.165, 1.54) is 45.3 Å². The standard InChI is InChI=1S/C15H32N2O/c1-13(6-4-7-14(2)16)10-17-9-5-8-15(11-17)12-18-3/h13-15H,4-12,16H2,1-3H3. The van der Waals surface area contributed by atoms with E-state index in [0.29, 0.717) is 6.04 Å². The average molecular weight is 256 g/mol. The molecule has 3 nitrogen and oxygen atoms in total. The third kappa shape index (κ3) is 6.72. The highest BCUT2D eigenvalue weighted by Gasteiger charge is 2.20. The van der Waals surface area contributed by atoms with Crippen molar-refractivity contribution in [2.24, 2.45) is 17.6 Å². The van der Waals surface area contributed by atoms with Crippen LogP contribution in [0, 0.1) is 11.8 Å². The van der Waals surface area contributed by atoms with Gasteiger partial charge in [0.15, 0.2) is 0 Å². The van der Waals surface area contributed by atoms with E-state index in [-0.39, 0.29) is 0 Å². The van der Waals surface area contributed by atoms with Crippen molar-refractivity contribution < 1.29 is 4.74 Å². The molecular weight excluding hydrogens is 224 g/mol. The monoisotopic (exact) mass is 256 g/mol. The second-order valence-corrected chi connectivity index (χ2v) is 6.24. The van der Waals surface area contributed by atoms with Crippen molar-refractivity contribution in [2.75, 3.05) is 33.4 Å². The van der Waals surface area contributed by atoms with Gasteiger partial charge in [0.1, 0.15) is 0 Å². The predicted octanol–water partition coefficient (Wildman–Crippen LogP) is 2.50. The zero-order chi connectivity index (χ0) is 13.4. The molecule has 3 unspecified atom stereocenters. The van der Waals surface area contributed by atoms with E-state index in [1.54, 1.807) is 0 Å². The average Bonchev–Trinajstić information content (AvgIpc) is 2.29. The maximum absolute atomic E-state index is 5.79. The number of methoxy groups -OCH3 is 1. The van der Waals surface area contributed by atoms with Gasteiger partial charge in [-0.25, -0.2) is 0 Å². The Morgan fingerprint density at radius 3 is 2.78 bits per heavy atom. The fourth-order valence-electron chi connectivity index (χ4n) is 3.01. The van der Waals surface area contributed by atoms with Crippen LogP contribution >= 0.6 is 0 Å². The van der Waals surface area contributed by atoms with E-state index in [1.807, 2.05) is 7.11 Å². The van der Waals surface area contributed by atoms with Crippen molar-refractivity contribution in [3.05, 3.63) is 0 Å². The van der Waals surface area contributed by atoms with E-state index in [0.717, 1.165) is 24.9 Å². The largest absolute Gasteiger partial charge is 0.384 e. The van der Waals surface area contributed by atoms with Gasteiger partial charge in [0.2, 0.25) is 0 Å². The number of likely N-dealkylation sites (tertiary alicyclic amines) is 1. The minimum Gasteiger partial charge on any atom is -0.384 e. The summed E-state index contributed by atoms with van der Waals surface area (Å²) < 4.78 is 5.29. The van der Waals surface area contributed by atoms with Gasteiger partial charge in [-0.05, 0) is 51.0 Å². The third-order valence-corrected chi connectivity index (χ3v) is 3.93. The van der Waals surface area contributed by atoms with Gasteiger partial charge in [0.05, 0.1) is 6.61 Å². The summed E-state index contributed by atoms with van der Waals surface area (Å²) in [5, 5.41) is 0. The van der Waals surface area contributed by atoms with Gasteiger partial charge in [-0.3, -0.25) is 0 Å². The smallest absolute Gasteiger partial charge is 0.0502 e. The fourth-order valence-corrected chi connectivity index (χ4v) is 3.01. The van der Waals surface area contributed by atoms with E-state index >= 15 is 0 Å². The normalized spacial score (nSPS) is 25.0. The van der Waals surface area contributed by atoms with Crippen LogP contribution in [0.5, 0.6) is 0 Å². The van der Waals surface area contributed by atoms with Gasteiger partial charge in [-0.15, -0.1) is 0 Å². The molecule has 1 aliphatic heterocycles. The summed E-state index contributed by atoms with van der Waals surface area (Å²) in [7, 11) is 1.82. The Kier molecular flexibility index (Phi) is 7.87. The topological polar surface area (TPSA) is 38.5 Å². The van der Waals surface area contributed by atoms with Gasteiger partial charge in [0.25, 0.3) is 0 Å². The fraction of sp³-hybridized carbons (Fsp3) is 1.00. The summed E-state index contributed by atoms with van der Waals surface area (Å²) in [6, 6.07) is 0.360. The number of ether oxygens (including phenoxy) is 1. The second kappa shape index (κ2) is 8.89. The highest BCUT2D eigenvalue weighted by atomic mass is 16.5. The number of nitrogens with zero attached hydrogens (tertiary/aromatic N) is 1. The quantitative estimate of drug-likeness (QED) is 0.725. The predicted molar refractivity (Wildman–Crippen MR) is 77.7 cm³/mol. The first kappa shape index (κ1) is 15.9. The first-order valence-corrected chi connectivity index (χ1v) is 7.58. The van der Waals surface area contributed by atoms with E-state index in [4.69, 9.17) is 10.5 Å². The molecule has 0 bridgehead atoms. The molecule has 0 aromatic carbocycles. The summed E-state index contributed by atoms with van der Waals surface area (Å²) in [5.74, 6) is 1.55. The maximum Gasteiger partial charge on any atom is 0.0502 e. The van der Waals surface area contributed by atoms with E-state index in [9.17, 15) is 0 Å². The van der Waals surface area contributed by atoms with Crippen molar-refractivity contribution in [3.8, 4) is 0 Å². The minimum absolute atomic E-state index is 0.360. The highest BCUT2D eigenvalue weighted by Crippen LogP contribution is 2.19. The summed E-state index contributed by atoms with van der Waals surface area (Å²) in [5.41, 5.74) is 5.79. The van der Waals surface area contributed by atoms with E-state index in [2.05, 4.69) is 18.7 Å². The molecule has 0 spiro atoms. The zero-order valence-corrected chi connectivity index (χ0v) is 12.5. The van der Waals surface area contributed by atoms with Crippen LogP contribution in [-0.2, 0) is 4.74 Å². The molecule has 0 saturated carbocycles. The lowest BCUT2D eigenvalue weighted by Crippen LogP contribution is -2.39. The first-order valence-electron chi connectivity index (χ1n) is 7.58. The Labute approximate surface area is 113 Å². The molecular formula is C15H32N2O. The lowest BCUT2D eigenvalue weighted by molar-refractivity contribution is 0.0830. The van der Waals surface area contributed by atoms with Gasteiger partial charge in [-0.2, -0.15) is 0 Å². The molecule has 3 atom stereocenters. The molecule has 1 saturated heterocycles. The van der Waals surface area contributed by atoms with Crippen LogP contribution in [0.2, 0.25) is 0 Å². The second-order valence-electron chi connectivity index (χ2n) is 6.24. The molecule has 2 N–H and O–H groups in total. The van der Waals surface area contributed by atoms with Gasteiger partial charge in [0, 0.05) is 26.2 Å². The molecule has 0 aliphatic carbocycles. The number of rotatable bonds is 8. The van der Waals surface area contributed by atoms with Crippen LogP contribution in [0.3, 0.4) is 0 Å². The Balaban J connectivity index is 2.16. The number of hydrogen-bond acceptors (Lipinski definition) is 3. The molecule has 1 rings (SSSR count). The van der Waals surface area contributed by atoms with Crippen LogP contribution in [0.1, 0.15) is 46.0 Å². The van der Waals surface area contributed by atoms with Crippen LogP contribution in [0.25, 0.3) is 0 Å². The molecule has 0 radical (unpaired) electrons. The summed E-state index contributed by atoms with van der Waals surface area (Å²) >= 11 is 0. The van der Waals surface area contributed by atoms with Gasteiger partial charge < -0.3 is 15.4 Å².